The van der Waals surface area contributed by atoms with Crippen LogP contribution in [0, 0.1) is 11.8 Å². The quantitative estimate of drug-likeness (QED) is 0.629. The molecule has 0 rings (SSSR count). The Kier molecular flexibility index (Phi) is 8.39. The SMILES string of the molecule is CO[Si](CCC(N)(CC(C)C)CC(C)C)(OC)OC. The van der Waals surface area contributed by atoms with E-state index in [1.165, 1.54) is 0 Å². The fourth-order valence-corrected chi connectivity index (χ4v) is 4.79. The van der Waals surface area contributed by atoms with E-state index in [-0.39, 0.29) is 5.54 Å². The van der Waals surface area contributed by atoms with Gasteiger partial charge in [-0.3, -0.25) is 0 Å². The van der Waals surface area contributed by atoms with Crippen LogP contribution in [0.15, 0.2) is 0 Å². The van der Waals surface area contributed by atoms with Crippen molar-refractivity contribution in [2.75, 3.05) is 21.3 Å². The molecule has 0 radical (unpaired) electrons. The van der Waals surface area contributed by atoms with Crippen molar-refractivity contribution in [2.24, 2.45) is 17.6 Å². The van der Waals surface area contributed by atoms with Gasteiger partial charge in [0.1, 0.15) is 0 Å². The second-order valence-corrected chi connectivity index (χ2v) is 9.44. The first-order valence-electron chi connectivity index (χ1n) is 7.17. The van der Waals surface area contributed by atoms with E-state index in [0.29, 0.717) is 11.8 Å². The molecule has 0 unspecified atom stereocenters. The van der Waals surface area contributed by atoms with Gasteiger partial charge in [-0.1, -0.05) is 27.7 Å². The van der Waals surface area contributed by atoms with Crippen LogP contribution in [0.4, 0.5) is 0 Å². The summed E-state index contributed by atoms with van der Waals surface area (Å²) in [6.07, 6.45) is 2.92. The Morgan fingerprint density at radius 1 is 0.895 bits per heavy atom. The summed E-state index contributed by atoms with van der Waals surface area (Å²) < 4.78 is 16.4. The largest absolute Gasteiger partial charge is 0.500 e. The monoisotopic (exact) mass is 291 g/mol. The van der Waals surface area contributed by atoms with Gasteiger partial charge in [0.15, 0.2) is 0 Å². The van der Waals surface area contributed by atoms with E-state index in [1.54, 1.807) is 21.3 Å². The highest BCUT2D eigenvalue weighted by Crippen LogP contribution is 2.30. The van der Waals surface area contributed by atoms with Gasteiger partial charge in [-0.15, -0.1) is 0 Å². The van der Waals surface area contributed by atoms with Gasteiger partial charge >= 0.3 is 8.80 Å². The second-order valence-electron chi connectivity index (χ2n) is 6.35. The minimum absolute atomic E-state index is 0.157. The van der Waals surface area contributed by atoms with Gasteiger partial charge in [0, 0.05) is 32.9 Å². The topological polar surface area (TPSA) is 53.7 Å². The van der Waals surface area contributed by atoms with Crippen molar-refractivity contribution in [1.82, 2.24) is 0 Å². The zero-order chi connectivity index (χ0) is 15.1. The predicted octanol–water partition coefficient (Wildman–Crippen LogP) is 3.04. The Bertz CT molecular complexity index is 225. The molecule has 0 aliphatic rings. The summed E-state index contributed by atoms with van der Waals surface area (Å²) in [6, 6.07) is 0.770. The van der Waals surface area contributed by atoms with Crippen molar-refractivity contribution in [2.45, 2.75) is 58.5 Å². The maximum atomic E-state index is 6.63. The highest BCUT2D eigenvalue weighted by atomic mass is 28.4. The van der Waals surface area contributed by atoms with Crippen molar-refractivity contribution in [3.63, 3.8) is 0 Å². The Morgan fingerprint density at radius 3 is 1.53 bits per heavy atom. The molecule has 0 aromatic carbocycles. The van der Waals surface area contributed by atoms with E-state index in [0.717, 1.165) is 25.3 Å². The third-order valence-corrected chi connectivity index (χ3v) is 6.22. The highest BCUT2D eigenvalue weighted by Gasteiger charge is 2.40. The molecular weight excluding hydrogens is 258 g/mol. The maximum Gasteiger partial charge on any atom is 0.500 e. The zero-order valence-electron chi connectivity index (χ0n) is 13.8. The van der Waals surface area contributed by atoms with Crippen LogP contribution in [-0.2, 0) is 13.3 Å². The summed E-state index contributed by atoms with van der Waals surface area (Å²) in [4.78, 5) is 0. The van der Waals surface area contributed by atoms with Crippen LogP contribution in [0.25, 0.3) is 0 Å². The molecule has 0 heterocycles. The lowest BCUT2D eigenvalue weighted by molar-refractivity contribution is 0.118. The normalized spacial score (nSPS) is 13.6. The van der Waals surface area contributed by atoms with Gasteiger partial charge in [0.25, 0.3) is 0 Å². The number of nitrogens with two attached hydrogens (primary N) is 1. The van der Waals surface area contributed by atoms with Crippen LogP contribution >= 0.6 is 0 Å². The van der Waals surface area contributed by atoms with Crippen LogP contribution in [0.1, 0.15) is 47.0 Å². The van der Waals surface area contributed by atoms with E-state index in [1.807, 2.05) is 0 Å². The lowest BCUT2D eigenvalue weighted by atomic mass is 9.81. The van der Waals surface area contributed by atoms with E-state index < -0.39 is 8.80 Å². The van der Waals surface area contributed by atoms with Gasteiger partial charge in [0.2, 0.25) is 0 Å². The highest BCUT2D eigenvalue weighted by molar-refractivity contribution is 6.60. The standard InChI is InChI=1S/C14H33NO3Si/c1-12(2)10-14(15,11-13(3)4)8-9-19(16-5,17-6)18-7/h12-13H,8-11,15H2,1-7H3. The maximum absolute atomic E-state index is 6.63. The van der Waals surface area contributed by atoms with Crippen LogP contribution in [0.3, 0.4) is 0 Å². The lowest BCUT2D eigenvalue weighted by Gasteiger charge is -2.35. The molecule has 4 nitrogen and oxygen atoms in total. The summed E-state index contributed by atoms with van der Waals surface area (Å²) in [5.41, 5.74) is 6.47. The molecule has 0 aromatic heterocycles. The van der Waals surface area contributed by atoms with Crippen LogP contribution in [0.2, 0.25) is 6.04 Å². The molecule has 0 aliphatic heterocycles. The summed E-state index contributed by atoms with van der Waals surface area (Å²) in [5, 5.41) is 0. The molecule has 116 valence electrons. The molecule has 0 amide bonds. The van der Waals surface area contributed by atoms with E-state index in [9.17, 15) is 0 Å². The predicted molar refractivity (Wildman–Crippen MR) is 82.0 cm³/mol. The molecule has 0 aromatic rings. The number of rotatable bonds is 10. The van der Waals surface area contributed by atoms with Gasteiger partial charge in [-0.25, -0.2) is 0 Å². The third kappa shape index (κ3) is 6.86. The fraction of sp³-hybridized carbons (Fsp3) is 1.00. The molecule has 0 saturated carbocycles. The summed E-state index contributed by atoms with van der Waals surface area (Å²) in [5.74, 6) is 1.18. The molecule has 19 heavy (non-hydrogen) atoms. The number of hydrogen-bond donors (Lipinski definition) is 1. The fourth-order valence-electron chi connectivity index (χ4n) is 2.87. The molecule has 0 atom stereocenters. The smallest absolute Gasteiger partial charge is 0.377 e. The van der Waals surface area contributed by atoms with E-state index in [2.05, 4.69) is 27.7 Å². The summed E-state index contributed by atoms with van der Waals surface area (Å²) in [6.45, 7) is 8.87. The Balaban J connectivity index is 4.72. The average Bonchev–Trinajstić information content (AvgIpc) is 2.29. The van der Waals surface area contributed by atoms with Gasteiger partial charge in [0.05, 0.1) is 0 Å². The minimum atomic E-state index is -2.51. The summed E-state index contributed by atoms with van der Waals surface area (Å²) >= 11 is 0. The van der Waals surface area contributed by atoms with E-state index in [4.69, 9.17) is 19.0 Å². The molecule has 5 heteroatoms. The van der Waals surface area contributed by atoms with Crippen molar-refractivity contribution < 1.29 is 13.3 Å². The molecular formula is C14H33NO3Si. The Hall–Kier alpha value is 0.0569. The molecule has 0 saturated heterocycles. The molecule has 0 bridgehead atoms. The molecule has 0 spiro atoms. The van der Waals surface area contributed by atoms with Crippen LogP contribution < -0.4 is 5.73 Å². The Morgan fingerprint density at radius 2 is 1.26 bits per heavy atom. The van der Waals surface area contributed by atoms with Crippen molar-refractivity contribution in [3.8, 4) is 0 Å². The van der Waals surface area contributed by atoms with Gasteiger partial charge in [-0.2, -0.15) is 0 Å². The first-order valence-corrected chi connectivity index (χ1v) is 9.10. The zero-order valence-corrected chi connectivity index (χ0v) is 14.8. The van der Waals surface area contributed by atoms with Crippen LogP contribution in [-0.4, -0.2) is 35.7 Å². The second kappa shape index (κ2) is 8.37. The van der Waals surface area contributed by atoms with E-state index >= 15 is 0 Å². The minimum Gasteiger partial charge on any atom is -0.377 e. The van der Waals surface area contributed by atoms with Gasteiger partial charge in [-0.05, 0) is 31.1 Å². The first-order chi connectivity index (χ1) is 8.72. The first kappa shape index (κ1) is 19.1. The van der Waals surface area contributed by atoms with Crippen molar-refractivity contribution >= 4 is 8.80 Å². The average molecular weight is 292 g/mol. The van der Waals surface area contributed by atoms with Gasteiger partial charge < -0.3 is 19.0 Å². The molecule has 2 N–H and O–H groups in total. The van der Waals surface area contributed by atoms with Crippen molar-refractivity contribution in [1.29, 1.82) is 0 Å². The Labute approximate surface area is 120 Å². The lowest BCUT2D eigenvalue weighted by Crippen LogP contribution is -2.48. The molecule has 0 aliphatic carbocycles. The number of hydrogen-bond acceptors (Lipinski definition) is 4. The van der Waals surface area contributed by atoms with Crippen molar-refractivity contribution in [3.05, 3.63) is 0 Å². The summed E-state index contributed by atoms with van der Waals surface area (Å²) in [7, 11) is 2.46. The van der Waals surface area contributed by atoms with Crippen LogP contribution in [0.5, 0.6) is 0 Å². The third-order valence-electron chi connectivity index (χ3n) is 3.49. The molecule has 0 fully saturated rings.